The van der Waals surface area contributed by atoms with Crippen molar-refractivity contribution in [2.45, 2.75) is 50.3 Å². The highest BCUT2D eigenvalue weighted by Gasteiger charge is 2.39. The second-order valence-electron chi connectivity index (χ2n) is 8.07. The normalized spacial score (nSPS) is 20.4. The largest absolute Gasteiger partial charge is 0.481 e. The zero-order valence-electron chi connectivity index (χ0n) is 17.8. The van der Waals surface area contributed by atoms with Crippen LogP contribution in [0, 0.1) is 6.92 Å². The van der Waals surface area contributed by atoms with Gasteiger partial charge < -0.3 is 10.0 Å². The highest BCUT2D eigenvalue weighted by Crippen LogP contribution is 2.31. The number of aliphatic carboxylic acids is 1. The lowest BCUT2D eigenvalue weighted by Crippen LogP contribution is -2.58. The summed E-state index contributed by atoms with van der Waals surface area (Å²) in [5.41, 5.74) is 0.180. The standard InChI is InChI=1S/C21H24F3N3O4S/c1-13-6-16(9-20(28)29)8-18(7-13)32(30,31)27-14(2)11-26(12-15(27)3)19-5-4-17(10-25-19)21(22,23)24/h4-8,10,14-15H,9,11-12H2,1-3H3,(H,28,29)/t14-,15+. The summed E-state index contributed by atoms with van der Waals surface area (Å²) < 4.78 is 66.6. The summed E-state index contributed by atoms with van der Waals surface area (Å²) in [6.07, 6.45) is -4.00. The molecule has 0 bridgehead atoms. The number of piperazine rings is 1. The van der Waals surface area contributed by atoms with Crippen molar-refractivity contribution in [2.75, 3.05) is 18.0 Å². The fraction of sp³-hybridized carbons (Fsp3) is 0.429. The van der Waals surface area contributed by atoms with Crippen LogP contribution >= 0.6 is 0 Å². The van der Waals surface area contributed by atoms with Gasteiger partial charge in [0.15, 0.2) is 0 Å². The summed E-state index contributed by atoms with van der Waals surface area (Å²) in [6, 6.07) is 5.77. The van der Waals surface area contributed by atoms with Crippen LogP contribution in [0.5, 0.6) is 0 Å². The number of benzene rings is 1. The Labute approximate surface area is 184 Å². The van der Waals surface area contributed by atoms with Crippen LogP contribution in [0.3, 0.4) is 0 Å². The lowest BCUT2D eigenvalue weighted by atomic mass is 10.1. The summed E-state index contributed by atoms with van der Waals surface area (Å²) in [5.74, 6) is -0.716. The van der Waals surface area contributed by atoms with Crippen molar-refractivity contribution < 1.29 is 31.5 Å². The summed E-state index contributed by atoms with van der Waals surface area (Å²) in [7, 11) is -3.93. The first kappa shape index (κ1) is 24.0. The fourth-order valence-corrected chi connectivity index (χ4v) is 6.04. The molecule has 2 atom stereocenters. The first-order valence-electron chi connectivity index (χ1n) is 9.93. The van der Waals surface area contributed by atoms with Crippen LogP contribution in [0.25, 0.3) is 0 Å². The maximum absolute atomic E-state index is 13.4. The molecule has 1 saturated heterocycles. The van der Waals surface area contributed by atoms with E-state index in [-0.39, 0.29) is 24.4 Å². The van der Waals surface area contributed by atoms with Crippen molar-refractivity contribution in [3.8, 4) is 0 Å². The molecule has 0 aliphatic carbocycles. The monoisotopic (exact) mass is 471 g/mol. The Morgan fingerprint density at radius 2 is 1.78 bits per heavy atom. The lowest BCUT2D eigenvalue weighted by Gasteiger charge is -2.43. The number of alkyl halides is 3. The SMILES string of the molecule is Cc1cc(CC(=O)O)cc(S(=O)(=O)N2[C@H](C)CN(c3ccc(C(F)(F)F)cn3)C[C@@H]2C)c1. The number of nitrogens with zero attached hydrogens (tertiary/aromatic N) is 3. The number of sulfonamides is 1. The first-order chi connectivity index (χ1) is 14.8. The van der Waals surface area contributed by atoms with E-state index in [4.69, 9.17) is 5.11 Å². The highest BCUT2D eigenvalue weighted by molar-refractivity contribution is 7.89. The molecule has 3 rings (SSSR count). The molecule has 0 unspecified atom stereocenters. The summed E-state index contributed by atoms with van der Waals surface area (Å²) in [6.45, 7) is 5.63. The van der Waals surface area contributed by atoms with E-state index in [1.165, 1.54) is 22.5 Å². The minimum Gasteiger partial charge on any atom is -0.481 e. The van der Waals surface area contributed by atoms with Gasteiger partial charge in [-0.15, -0.1) is 0 Å². The van der Waals surface area contributed by atoms with Crippen LogP contribution < -0.4 is 4.90 Å². The number of aryl methyl sites for hydroxylation is 1. The molecule has 0 radical (unpaired) electrons. The van der Waals surface area contributed by atoms with Crippen LogP contribution in [0.15, 0.2) is 41.4 Å². The third-order valence-electron chi connectivity index (χ3n) is 5.28. The second-order valence-corrected chi connectivity index (χ2v) is 9.91. The Kier molecular flexibility index (Phi) is 6.52. The van der Waals surface area contributed by atoms with E-state index in [0.717, 1.165) is 12.3 Å². The maximum Gasteiger partial charge on any atom is 0.417 e. The van der Waals surface area contributed by atoms with E-state index in [1.807, 2.05) is 0 Å². The van der Waals surface area contributed by atoms with E-state index in [0.29, 0.717) is 16.9 Å². The van der Waals surface area contributed by atoms with Crippen LogP contribution in [-0.4, -0.2) is 54.0 Å². The first-order valence-corrected chi connectivity index (χ1v) is 11.4. The minimum absolute atomic E-state index is 0.0218. The smallest absolute Gasteiger partial charge is 0.417 e. The van der Waals surface area contributed by atoms with Gasteiger partial charge in [0.1, 0.15) is 5.82 Å². The number of rotatable bonds is 5. The number of aromatic nitrogens is 1. The van der Waals surface area contributed by atoms with Crippen LogP contribution in [0.4, 0.5) is 19.0 Å². The maximum atomic E-state index is 13.4. The van der Waals surface area contributed by atoms with Crippen molar-refractivity contribution in [3.05, 3.63) is 53.2 Å². The van der Waals surface area contributed by atoms with E-state index >= 15 is 0 Å². The Morgan fingerprint density at radius 1 is 1.16 bits per heavy atom. The van der Waals surface area contributed by atoms with Gasteiger partial charge in [0.25, 0.3) is 0 Å². The number of pyridine rings is 1. The molecule has 1 N–H and O–H groups in total. The van der Waals surface area contributed by atoms with Gasteiger partial charge in [-0.3, -0.25) is 4.79 Å². The molecular formula is C21H24F3N3O4S. The average Bonchev–Trinajstić information content (AvgIpc) is 2.65. The Balaban J connectivity index is 1.85. The highest BCUT2D eigenvalue weighted by atomic mass is 32.2. The molecule has 0 amide bonds. The third kappa shape index (κ3) is 5.04. The van der Waals surface area contributed by atoms with Crippen molar-refractivity contribution in [1.29, 1.82) is 0 Å². The Bertz CT molecular complexity index is 1090. The molecule has 0 saturated carbocycles. The van der Waals surface area contributed by atoms with Gasteiger partial charge in [-0.1, -0.05) is 6.07 Å². The van der Waals surface area contributed by atoms with Crippen molar-refractivity contribution in [1.82, 2.24) is 9.29 Å². The molecule has 7 nitrogen and oxygen atoms in total. The van der Waals surface area contributed by atoms with Gasteiger partial charge in [0.2, 0.25) is 10.0 Å². The van der Waals surface area contributed by atoms with Gasteiger partial charge >= 0.3 is 12.1 Å². The number of carbonyl (C=O) groups is 1. The van der Waals surface area contributed by atoms with E-state index in [2.05, 4.69) is 4.98 Å². The number of hydrogen-bond donors (Lipinski definition) is 1. The zero-order chi connectivity index (χ0) is 23.8. The minimum atomic E-state index is -4.48. The average molecular weight is 472 g/mol. The molecule has 11 heteroatoms. The van der Waals surface area contributed by atoms with Gasteiger partial charge in [0, 0.05) is 31.4 Å². The summed E-state index contributed by atoms with van der Waals surface area (Å²) >= 11 is 0. The predicted molar refractivity (Wildman–Crippen MR) is 112 cm³/mol. The molecule has 2 heterocycles. The summed E-state index contributed by atoms with van der Waals surface area (Å²) in [5, 5.41) is 9.05. The molecule has 32 heavy (non-hydrogen) atoms. The molecule has 2 aromatic rings. The summed E-state index contributed by atoms with van der Waals surface area (Å²) in [4.78, 5) is 16.8. The number of halogens is 3. The van der Waals surface area contributed by atoms with Crippen LogP contribution in [0.2, 0.25) is 0 Å². The molecular weight excluding hydrogens is 447 g/mol. The second kappa shape index (κ2) is 8.70. The van der Waals surface area contributed by atoms with Crippen LogP contribution in [0.1, 0.15) is 30.5 Å². The van der Waals surface area contributed by atoms with Crippen LogP contribution in [-0.2, 0) is 27.4 Å². The fourth-order valence-electron chi connectivity index (χ4n) is 4.08. The molecule has 0 spiro atoms. The Hall–Kier alpha value is -2.66. The predicted octanol–water partition coefficient (Wildman–Crippen LogP) is 3.32. The molecule has 1 aromatic heterocycles. The quantitative estimate of drug-likeness (QED) is 0.720. The molecule has 1 fully saturated rings. The van der Waals surface area contributed by atoms with Gasteiger partial charge in [-0.05, 0) is 56.2 Å². The van der Waals surface area contributed by atoms with Gasteiger partial charge in [-0.25, -0.2) is 13.4 Å². The number of carboxylic acids is 1. The van der Waals surface area contributed by atoms with Crippen molar-refractivity contribution in [2.24, 2.45) is 0 Å². The number of carboxylic acid groups (broad SMARTS) is 1. The number of anilines is 1. The lowest BCUT2D eigenvalue weighted by molar-refractivity contribution is -0.138. The topological polar surface area (TPSA) is 90.8 Å². The molecule has 174 valence electrons. The van der Waals surface area contributed by atoms with Crippen molar-refractivity contribution in [3.63, 3.8) is 0 Å². The third-order valence-corrected chi connectivity index (χ3v) is 7.38. The molecule has 1 aliphatic heterocycles. The Morgan fingerprint density at radius 3 is 2.28 bits per heavy atom. The van der Waals surface area contributed by atoms with Gasteiger partial charge in [0.05, 0.1) is 16.9 Å². The number of hydrogen-bond acceptors (Lipinski definition) is 5. The molecule has 1 aromatic carbocycles. The van der Waals surface area contributed by atoms with E-state index < -0.39 is 39.8 Å². The van der Waals surface area contributed by atoms with Gasteiger partial charge in [-0.2, -0.15) is 17.5 Å². The molecule has 1 aliphatic rings. The zero-order valence-corrected chi connectivity index (χ0v) is 18.6. The van der Waals surface area contributed by atoms with Crippen molar-refractivity contribution >= 4 is 21.8 Å². The van der Waals surface area contributed by atoms with E-state index in [9.17, 15) is 26.4 Å². The van der Waals surface area contributed by atoms with E-state index in [1.54, 1.807) is 31.7 Å².